The van der Waals surface area contributed by atoms with E-state index in [2.05, 4.69) is 15.7 Å². The summed E-state index contributed by atoms with van der Waals surface area (Å²) >= 11 is 0. The molecule has 2 N–H and O–H groups in total. The van der Waals surface area contributed by atoms with E-state index in [9.17, 15) is 14.4 Å². The number of rotatable bonds is 7. The van der Waals surface area contributed by atoms with E-state index < -0.39 is 5.91 Å². The fourth-order valence-electron chi connectivity index (χ4n) is 2.55. The highest BCUT2D eigenvalue weighted by Crippen LogP contribution is 2.14. The van der Waals surface area contributed by atoms with Crippen molar-refractivity contribution in [2.45, 2.75) is 52.6 Å². The molecule has 2 aromatic rings. The Kier molecular flexibility index (Phi) is 6.49. The van der Waals surface area contributed by atoms with Gasteiger partial charge in [-0.15, -0.1) is 0 Å². The fourth-order valence-corrected chi connectivity index (χ4v) is 2.55. The summed E-state index contributed by atoms with van der Waals surface area (Å²) in [5.41, 5.74) is -0.0312. The summed E-state index contributed by atoms with van der Waals surface area (Å²) < 4.78 is 1.31. The van der Waals surface area contributed by atoms with Gasteiger partial charge >= 0.3 is 0 Å². The summed E-state index contributed by atoms with van der Waals surface area (Å²) in [5, 5.41) is 10.8. The lowest BCUT2D eigenvalue weighted by Gasteiger charge is -2.14. The number of nitrogens with zero attached hydrogens (tertiary/aromatic N) is 2. The lowest BCUT2D eigenvalue weighted by atomic mass is 10.1. The molecule has 1 aromatic carbocycles. The molecule has 7 nitrogen and oxygen atoms in total. The molecule has 1 atom stereocenters. The molecule has 0 saturated heterocycles. The highest BCUT2D eigenvalue weighted by Gasteiger charge is 2.17. The summed E-state index contributed by atoms with van der Waals surface area (Å²) in [6.07, 6.45) is 1.04. The highest BCUT2D eigenvalue weighted by atomic mass is 16.2. The van der Waals surface area contributed by atoms with Gasteiger partial charge in [0.05, 0.1) is 11.4 Å². The maximum atomic E-state index is 12.6. The normalized spacial score (nSPS) is 12.2. The molecule has 1 aromatic heterocycles. The van der Waals surface area contributed by atoms with Crippen LogP contribution in [0.25, 0.3) is 10.8 Å². The van der Waals surface area contributed by atoms with Gasteiger partial charge < -0.3 is 10.6 Å². The third-order valence-corrected chi connectivity index (χ3v) is 4.19. The van der Waals surface area contributed by atoms with Gasteiger partial charge in [-0.1, -0.05) is 25.1 Å². The summed E-state index contributed by atoms with van der Waals surface area (Å²) in [4.78, 5) is 36.9. The van der Waals surface area contributed by atoms with Gasteiger partial charge in [-0.25, -0.2) is 4.68 Å². The number of aromatic nitrogens is 2. The van der Waals surface area contributed by atoms with Crippen LogP contribution in [0.2, 0.25) is 0 Å². The average Bonchev–Trinajstić information content (AvgIpc) is 2.61. The van der Waals surface area contributed by atoms with E-state index in [1.807, 2.05) is 27.7 Å². The third kappa shape index (κ3) is 4.47. The number of fused-ring (bicyclic) bond motifs is 1. The first-order valence-electron chi connectivity index (χ1n) is 8.94. The van der Waals surface area contributed by atoms with Crippen molar-refractivity contribution in [2.75, 3.05) is 6.54 Å². The summed E-state index contributed by atoms with van der Waals surface area (Å²) in [6, 6.07) is 6.86. The largest absolute Gasteiger partial charge is 0.354 e. The first kappa shape index (κ1) is 19.6. The average molecular weight is 358 g/mol. The quantitative estimate of drug-likeness (QED) is 0.792. The number of benzene rings is 1. The van der Waals surface area contributed by atoms with Crippen LogP contribution in [-0.4, -0.2) is 34.2 Å². The van der Waals surface area contributed by atoms with Gasteiger partial charge in [-0.2, -0.15) is 5.10 Å². The molecular weight excluding hydrogens is 332 g/mol. The molecule has 7 heteroatoms. The molecule has 0 fully saturated rings. The van der Waals surface area contributed by atoms with Gasteiger partial charge in [0.2, 0.25) is 5.91 Å². The van der Waals surface area contributed by atoms with E-state index in [1.165, 1.54) is 4.68 Å². The van der Waals surface area contributed by atoms with Crippen LogP contribution < -0.4 is 16.2 Å². The van der Waals surface area contributed by atoms with Crippen molar-refractivity contribution in [3.05, 3.63) is 40.3 Å². The number of hydrogen-bond acceptors (Lipinski definition) is 4. The lowest BCUT2D eigenvalue weighted by molar-refractivity contribution is -0.121. The van der Waals surface area contributed by atoms with Crippen LogP contribution >= 0.6 is 0 Å². The lowest BCUT2D eigenvalue weighted by Crippen LogP contribution is -2.36. The molecule has 0 aliphatic carbocycles. The van der Waals surface area contributed by atoms with E-state index in [-0.39, 0.29) is 42.2 Å². The molecule has 0 spiro atoms. The molecule has 0 aliphatic rings. The zero-order valence-corrected chi connectivity index (χ0v) is 15.7. The minimum absolute atomic E-state index is 0.107. The van der Waals surface area contributed by atoms with E-state index in [1.54, 1.807) is 24.3 Å². The van der Waals surface area contributed by atoms with Gasteiger partial charge in [-0.05, 0) is 33.3 Å². The van der Waals surface area contributed by atoms with Gasteiger partial charge in [-0.3, -0.25) is 14.4 Å². The molecule has 0 radical (unpaired) electrons. The van der Waals surface area contributed by atoms with E-state index in [0.29, 0.717) is 10.8 Å². The Labute approximate surface area is 152 Å². The second-order valence-corrected chi connectivity index (χ2v) is 6.62. The van der Waals surface area contributed by atoms with Crippen molar-refractivity contribution in [2.24, 2.45) is 0 Å². The maximum Gasteiger partial charge on any atom is 0.274 e. The van der Waals surface area contributed by atoms with Gasteiger partial charge in [0, 0.05) is 24.4 Å². The minimum Gasteiger partial charge on any atom is -0.354 e. The Balaban J connectivity index is 2.18. The topological polar surface area (TPSA) is 93.1 Å². The van der Waals surface area contributed by atoms with Crippen molar-refractivity contribution in [1.82, 2.24) is 20.4 Å². The van der Waals surface area contributed by atoms with E-state index in [4.69, 9.17) is 0 Å². The van der Waals surface area contributed by atoms with Crippen molar-refractivity contribution in [1.29, 1.82) is 0 Å². The number of carbonyl (C=O) groups is 2. The van der Waals surface area contributed by atoms with Gasteiger partial charge in [0.25, 0.3) is 11.5 Å². The third-order valence-electron chi connectivity index (χ3n) is 4.19. The monoisotopic (exact) mass is 358 g/mol. The number of nitrogens with one attached hydrogen (secondary N) is 2. The van der Waals surface area contributed by atoms with Gasteiger partial charge in [0.1, 0.15) is 0 Å². The maximum absolute atomic E-state index is 12.6. The second kappa shape index (κ2) is 8.60. The SMILES string of the molecule is CCC(C)NC(=O)CCNC(=O)c1nn(C(C)C)c(=O)c2ccccc12. The zero-order chi connectivity index (χ0) is 19.3. The van der Waals surface area contributed by atoms with Crippen LogP contribution in [-0.2, 0) is 4.79 Å². The second-order valence-electron chi connectivity index (χ2n) is 6.62. The summed E-state index contributed by atoms with van der Waals surface area (Å²) in [6.45, 7) is 7.81. The Bertz CT molecular complexity index is 857. The van der Waals surface area contributed by atoms with Crippen molar-refractivity contribution in [3.63, 3.8) is 0 Å². The molecule has 0 saturated carbocycles. The Morgan fingerprint density at radius 2 is 1.81 bits per heavy atom. The number of hydrogen-bond donors (Lipinski definition) is 2. The molecule has 2 rings (SSSR count). The van der Waals surface area contributed by atoms with Crippen LogP contribution in [0.4, 0.5) is 0 Å². The number of amides is 2. The van der Waals surface area contributed by atoms with Crippen molar-refractivity contribution in [3.8, 4) is 0 Å². The first-order chi connectivity index (χ1) is 12.3. The smallest absolute Gasteiger partial charge is 0.274 e. The molecule has 0 aliphatic heterocycles. The van der Waals surface area contributed by atoms with Gasteiger partial charge in [0.15, 0.2) is 5.69 Å². The van der Waals surface area contributed by atoms with Crippen LogP contribution in [0, 0.1) is 0 Å². The Morgan fingerprint density at radius 3 is 2.42 bits per heavy atom. The number of carbonyl (C=O) groups excluding carboxylic acids is 2. The minimum atomic E-state index is -0.396. The fraction of sp³-hybridized carbons (Fsp3) is 0.474. The standard InChI is InChI=1S/C19H26N4O3/c1-5-13(4)21-16(24)10-11-20-18(25)17-14-8-6-7-9-15(14)19(26)23(22-17)12(2)3/h6-9,12-13H,5,10-11H2,1-4H3,(H,20,25)(H,21,24). The molecule has 26 heavy (non-hydrogen) atoms. The van der Waals surface area contributed by atoms with Crippen LogP contribution in [0.15, 0.2) is 29.1 Å². The van der Waals surface area contributed by atoms with Crippen molar-refractivity contribution >= 4 is 22.6 Å². The van der Waals surface area contributed by atoms with E-state index in [0.717, 1.165) is 6.42 Å². The predicted octanol–water partition coefficient (Wildman–Crippen LogP) is 2.01. The van der Waals surface area contributed by atoms with Crippen molar-refractivity contribution < 1.29 is 9.59 Å². The van der Waals surface area contributed by atoms with Crippen LogP contribution in [0.1, 0.15) is 57.1 Å². The Hall–Kier alpha value is -2.70. The highest BCUT2D eigenvalue weighted by molar-refractivity contribution is 6.04. The molecule has 2 amide bonds. The molecule has 0 bridgehead atoms. The molecule has 140 valence electrons. The van der Waals surface area contributed by atoms with Crippen LogP contribution in [0.5, 0.6) is 0 Å². The summed E-state index contributed by atoms with van der Waals surface area (Å²) in [7, 11) is 0. The molecule has 1 unspecified atom stereocenters. The zero-order valence-electron chi connectivity index (χ0n) is 15.7. The Morgan fingerprint density at radius 1 is 1.15 bits per heavy atom. The van der Waals surface area contributed by atoms with Crippen LogP contribution in [0.3, 0.4) is 0 Å². The molecular formula is C19H26N4O3. The van der Waals surface area contributed by atoms with E-state index >= 15 is 0 Å². The predicted molar refractivity (Wildman–Crippen MR) is 101 cm³/mol. The first-order valence-corrected chi connectivity index (χ1v) is 8.94. The summed E-state index contributed by atoms with van der Waals surface area (Å²) in [5.74, 6) is -0.503. The molecule has 1 heterocycles.